The van der Waals surface area contributed by atoms with E-state index in [1.807, 2.05) is 47.4 Å². The highest BCUT2D eigenvalue weighted by Gasteiger charge is 2.44. The Balaban J connectivity index is 0.000000384. The Labute approximate surface area is 205 Å². The second kappa shape index (κ2) is 10.1. The fourth-order valence-electron chi connectivity index (χ4n) is 4.79. The van der Waals surface area contributed by atoms with Crippen molar-refractivity contribution in [3.05, 3.63) is 60.1 Å². The van der Waals surface area contributed by atoms with Gasteiger partial charge in [0.05, 0.1) is 24.8 Å². The van der Waals surface area contributed by atoms with Crippen molar-refractivity contribution in [2.24, 2.45) is 0 Å². The average molecular weight is 505 g/mol. The summed E-state index contributed by atoms with van der Waals surface area (Å²) in [5.74, 6) is -0.0513. The van der Waals surface area contributed by atoms with E-state index in [4.69, 9.17) is 14.3 Å². The van der Waals surface area contributed by atoms with E-state index in [1.54, 1.807) is 6.26 Å². The van der Waals surface area contributed by atoms with Crippen molar-refractivity contribution in [2.75, 3.05) is 26.7 Å². The van der Waals surface area contributed by atoms with Gasteiger partial charge in [-0.25, -0.2) is 4.79 Å². The number of halogens is 3. The van der Waals surface area contributed by atoms with Crippen molar-refractivity contribution in [3.63, 3.8) is 0 Å². The molecule has 2 aliphatic rings. The van der Waals surface area contributed by atoms with E-state index < -0.39 is 12.1 Å². The number of carbonyl (C=O) groups excluding carboxylic acids is 1. The third-order valence-electron chi connectivity index (χ3n) is 6.41. The minimum atomic E-state index is -5.08. The Morgan fingerprint density at radius 2 is 1.75 bits per heavy atom. The maximum atomic E-state index is 12.8. The molecule has 12 heteroatoms. The van der Waals surface area contributed by atoms with Gasteiger partial charge in [0, 0.05) is 19.6 Å². The monoisotopic (exact) mass is 505 g/mol. The molecule has 0 saturated carbocycles. The predicted molar refractivity (Wildman–Crippen MR) is 122 cm³/mol. The predicted octanol–water partition coefficient (Wildman–Crippen LogP) is 3.18. The van der Waals surface area contributed by atoms with Crippen LogP contribution in [0.25, 0.3) is 11.6 Å². The van der Waals surface area contributed by atoms with Crippen LogP contribution in [-0.2, 0) is 28.1 Å². The molecule has 1 saturated heterocycles. The number of carboxylic acid groups (broad SMARTS) is 1. The van der Waals surface area contributed by atoms with Crippen LogP contribution in [-0.4, -0.2) is 74.4 Å². The minimum absolute atomic E-state index is 0.114. The molecule has 1 spiro atoms. The molecular weight excluding hydrogens is 479 g/mol. The van der Waals surface area contributed by atoms with Gasteiger partial charge in [0.25, 0.3) is 0 Å². The molecule has 0 bridgehead atoms. The van der Waals surface area contributed by atoms with Crippen LogP contribution in [0.5, 0.6) is 0 Å². The van der Waals surface area contributed by atoms with Gasteiger partial charge in [0.15, 0.2) is 11.6 Å². The van der Waals surface area contributed by atoms with E-state index in [1.165, 1.54) is 0 Å². The molecule has 1 aromatic carbocycles. The highest BCUT2D eigenvalue weighted by Crippen LogP contribution is 2.39. The van der Waals surface area contributed by atoms with Gasteiger partial charge in [-0.1, -0.05) is 30.3 Å². The van der Waals surface area contributed by atoms with Gasteiger partial charge >= 0.3 is 12.1 Å². The number of likely N-dealkylation sites (N-methyl/N-ethyl adjacent to an activating group) is 1. The molecule has 1 fully saturated rings. The Hall–Kier alpha value is -3.67. The summed E-state index contributed by atoms with van der Waals surface area (Å²) in [5, 5.41) is 16.0. The number of rotatable bonds is 3. The summed E-state index contributed by atoms with van der Waals surface area (Å²) in [5.41, 5.74) is 0.952. The van der Waals surface area contributed by atoms with Crippen molar-refractivity contribution in [1.82, 2.24) is 24.6 Å². The van der Waals surface area contributed by atoms with Crippen LogP contribution in [0.3, 0.4) is 0 Å². The summed E-state index contributed by atoms with van der Waals surface area (Å²) < 4.78 is 39.6. The number of fused-ring (bicyclic) bond motifs is 2. The molecule has 9 nitrogen and oxygen atoms in total. The van der Waals surface area contributed by atoms with Crippen molar-refractivity contribution in [1.29, 1.82) is 0 Å². The Morgan fingerprint density at radius 1 is 1.08 bits per heavy atom. The normalized spacial score (nSPS) is 17.3. The number of alkyl halides is 3. The molecule has 2 aliphatic heterocycles. The number of hydrogen-bond acceptors (Lipinski definition) is 6. The highest BCUT2D eigenvalue weighted by molar-refractivity contribution is 5.79. The molecule has 0 unspecified atom stereocenters. The summed E-state index contributed by atoms with van der Waals surface area (Å²) in [6.07, 6.45) is -1.18. The molecule has 36 heavy (non-hydrogen) atoms. The van der Waals surface area contributed by atoms with Crippen LogP contribution >= 0.6 is 0 Å². The molecule has 0 aliphatic carbocycles. The molecule has 1 N–H and O–H groups in total. The Kier molecular flexibility index (Phi) is 7.16. The van der Waals surface area contributed by atoms with Crippen molar-refractivity contribution in [2.45, 2.75) is 37.5 Å². The smallest absolute Gasteiger partial charge is 0.475 e. The number of nitrogens with zero attached hydrogens (tertiary/aromatic N) is 5. The maximum Gasteiger partial charge on any atom is 0.490 e. The van der Waals surface area contributed by atoms with Gasteiger partial charge in [-0.05, 0) is 37.6 Å². The first-order chi connectivity index (χ1) is 17.1. The number of benzene rings is 1. The summed E-state index contributed by atoms with van der Waals surface area (Å²) in [4.78, 5) is 26.0. The summed E-state index contributed by atoms with van der Waals surface area (Å²) in [6, 6.07) is 13.8. The first-order valence-corrected chi connectivity index (χ1v) is 11.4. The zero-order chi connectivity index (χ0) is 25.9. The number of amides is 1. The number of aromatic nitrogens is 3. The third-order valence-corrected chi connectivity index (χ3v) is 6.41. The second-order valence-electron chi connectivity index (χ2n) is 9.00. The van der Waals surface area contributed by atoms with Crippen molar-refractivity contribution in [3.8, 4) is 11.6 Å². The summed E-state index contributed by atoms with van der Waals surface area (Å²) >= 11 is 0. The molecule has 5 rings (SSSR count). The van der Waals surface area contributed by atoms with Gasteiger partial charge in [-0.2, -0.15) is 13.2 Å². The topological polar surface area (TPSA) is 105 Å². The fraction of sp³-hybridized carbons (Fsp3) is 0.417. The fourth-order valence-corrected chi connectivity index (χ4v) is 4.79. The van der Waals surface area contributed by atoms with E-state index in [0.717, 1.165) is 62.0 Å². The molecule has 4 heterocycles. The van der Waals surface area contributed by atoms with Crippen LogP contribution in [0.4, 0.5) is 13.2 Å². The van der Waals surface area contributed by atoms with Gasteiger partial charge in [0.2, 0.25) is 5.91 Å². The number of furan rings is 1. The molecule has 192 valence electrons. The molecule has 0 radical (unpaired) electrons. The lowest BCUT2D eigenvalue weighted by Crippen LogP contribution is -2.56. The standard InChI is InChI=1S/C22H25N5O2.C2HF3O2/c1-25-15-19-23-24-21(18-8-5-13-29-18)27(19)22(16-25)9-11-26(12-10-22)20(28)14-17-6-3-2-4-7-17;3-2(4,5)1(6)7/h2-8,13H,9-12,14-16H2,1H3;(H,6,7). The molecule has 1 amide bonds. The third kappa shape index (κ3) is 5.43. The van der Waals surface area contributed by atoms with Gasteiger partial charge in [-0.3, -0.25) is 14.3 Å². The number of carbonyl (C=O) groups is 2. The van der Waals surface area contributed by atoms with E-state index in [-0.39, 0.29) is 11.4 Å². The van der Waals surface area contributed by atoms with E-state index in [9.17, 15) is 18.0 Å². The number of likely N-dealkylation sites (tertiary alicyclic amines) is 1. The van der Waals surface area contributed by atoms with Crippen molar-refractivity contribution >= 4 is 11.9 Å². The lowest BCUT2D eigenvalue weighted by molar-refractivity contribution is -0.192. The molecule has 2 aromatic heterocycles. The van der Waals surface area contributed by atoms with Crippen LogP contribution in [0, 0.1) is 0 Å². The van der Waals surface area contributed by atoms with E-state index in [0.29, 0.717) is 6.42 Å². The zero-order valence-corrected chi connectivity index (χ0v) is 19.6. The quantitative estimate of drug-likeness (QED) is 0.583. The minimum Gasteiger partial charge on any atom is -0.475 e. The van der Waals surface area contributed by atoms with Crippen molar-refractivity contribution < 1.29 is 32.3 Å². The average Bonchev–Trinajstić information content (AvgIpc) is 3.50. The number of piperidine rings is 1. The lowest BCUT2D eigenvalue weighted by atomic mass is 9.84. The van der Waals surface area contributed by atoms with Crippen LogP contribution in [0.2, 0.25) is 0 Å². The molecule has 3 aromatic rings. The maximum absolute atomic E-state index is 12.8. The largest absolute Gasteiger partial charge is 0.490 e. The number of carboxylic acids is 1. The summed E-state index contributed by atoms with van der Waals surface area (Å²) in [6.45, 7) is 3.18. The van der Waals surface area contributed by atoms with Gasteiger partial charge < -0.3 is 14.4 Å². The number of aliphatic carboxylic acids is 1. The SMILES string of the molecule is CN1Cc2nnc(-c3ccco3)n2C2(CCN(C(=O)Cc3ccccc3)CC2)C1.O=C(O)C(F)(F)F. The number of hydrogen-bond donors (Lipinski definition) is 1. The van der Waals surface area contributed by atoms with E-state index >= 15 is 0 Å². The second-order valence-corrected chi connectivity index (χ2v) is 9.00. The van der Waals surface area contributed by atoms with E-state index in [2.05, 4.69) is 26.7 Å². The highest BCUT2D eigenvalue weighted by atomic mass is 19.4. The molecule has 0 atom stereocenters. The first kappa shape index (κ1) is 25.4. The Bertz CT molecular complexity index is 1190. The van der Waals surface area contributed by atoms with Gasteiger partial charge in [-0.15, -0.1) is 10.2 Å². The van der Waals surface area contributed by atoms with Crippen LogP contribution in [0.1, 0.15) is 24.2 Å². The summed E-state index contributed by atoms with van der Waals surface area (Å²) in [7, 11) is 2.12. The molecular formula is C24H26F3N5O4. The zero-order valence-electron chi connectivity index (χ0n) is 19.6. The van der Waals surface area contributed by atoms with Gasteiger partial charge in [0.1, 0.15) is 5.82 Å². The van der Waals surface area contributed by atoms with Crippen LogP contribution in [0.15, 0.2) is 53.1 Å². The lowest BCUT2D eigenvalue weighted by Gasteiger charge is -2.48. The Morgan fingerprint density at radius 3 is 2.33 bits per heavy atom. The van der Waals surface area contributed by atoms with Crippen LogP contribution < -0.4 is 0 Å². The first-order valence-electron chi connectivity index (χ1n) is 11.4.